The van der Waals surface area contributed by atoms with E-state index in [1.54, 1.807) is 48.5 Å². The number of fused-ring (bicyclic) bond motifs is 1. The Morgan fingerprint density at radius 3 is 2.64 bits per heavy atom. The summed E-state index contributed by atoms with van der Waals surface area (Å²) in [6.07, 6.45) is 1.72. The minimum absolute atomic E-state index is 0.0510. The Balaban J connectivity index is 1.73. The van der Waals surface area contributed by atoms with Crippen molar-refractivity contribution in [2.75, 3.05) is 13.2 Å². The minimum Gasteiger partial charge on any atom is -0.490 e. The van der Waals surface area contributed by atoms with Gasteiger partial charge in [-0.1, -0.05) is 49.2 Å². The van der Waals surface area contributed by atoms with Crippen LogP contribution in [0.15, 0.2) is 53.3 Å². The van der Waals surface area contributed by atoms with Gasteiger partial charge >= 0.3 is 5.97 Å². The summed E-state index contributed by atoms with van der Waals surface area (Å²) < 4.78 is 12.2. The van der Waals surface area contributed by atoms with Crippen LogP contribution in [0.4, 0.5) is 0 Å². The largest absolute Gasteiger partial charge is 0.490 e. The SMILES string of the molecule is CCCCn1nc(C(=O)OCCOc2cccc(Cl)c2)c2ccccc2c1=O. The quantitative estimate of drug-likeness (QED) is 0.420. The molecule has 6 nitrogen and oxygen atoms in total. The molecule has 0 amide bonds. The predicted molar refractivity (Wildman–Crippen MR) is 108 cm³/mol. The van der Waals surface area contributed by atoms with E-state index in [1.165, 1.54) is 4.68 Å². The molecule has 0 unspecified atom stereocenters. The summed E-state index contributed by atoms with van der Waals surface area (Å²) in [5.74, 6) is 0.0105. The molecule has 7 heteroatoms. The minimum atomic E-state index is -0.587. The Hall–Kier alpha value is -2.86. The monoisotopic (exact) mass is 400 g/mol. The Bertz CT molecular complexity index is 1030. The van der Waals surface area contributed by atoms with Gasteiger partial charge in [0.25, 0.3) is 5.56 Å². The third kappa shape index (κ3) is 4.70. The molecule has 1 heterocycles. The van der Waals surface area contributed by atoms with Gasteiger partial charge in [-0.25, -0.2) is 9.48 Å². The highest BCUT2D eigenvalue weighted by atomic mass is 35.5. The average molecular weight is 401 g/mol. The average Bonchev–Trinajstić information content (AvgIpc) is 2.71. The zero-order valence-corrected chi connectivity index (χ0v) is 16.3. The van der Waals surface area contributed by atoms with Crippen molar-refractivity contribution in [3.8, 4) is 5.75 Å². The number of nitrogens with zero attached hydrogens (tertiary/aromatic N) is 2. The number of rotatable bonds is 8. The van der Waals surface area contributed by atoms with Crippen molar-refractivity contribution in [3.63, 3.8) is 0 Å². The van der Waals surface area contributed by atoms with Crippen molar-refractivity contribution in [2.45, 2.75) is 26.3 Å². The van der Waals surface area contributed by atoms with Gasteiger partial charge in [0.05, 0.1) is 5.39 Å². The fourth-order valence-corrected chi connectivity index (χ4v) is 2.94. The molecule has 2 aromatic carbocycles. The normalized spacial score (nSPS) is 10.8. The maximum atomic E-state index is 12.6. The molecule has 0 bridgehead atoms. The van der Waals surface area contributed by atoms with Crippen molar-refractivity contribution in [1.29, 1.82) is 0 Å². The van der Waals surface area contributed by atoms with Gasteiger partial charge in [0.15, 0.2) is 5.69 Å². The third-order valence-corrected chi connectivity index (χ3v) is 4.40. The van der Waals surface area contributed by atoms with Gasteiger partial charge in [0, 0.05) is 17.0 Å². The van der Waals surface area contributed by atoms with Crippen molar-refractivity contribution in [1.82, 2.24) is 9.78 Å². The molecule has 3 aromatic rings. The number of halogens is 1. The fourth-order valence-electron chi connectivity index (χ4n) is 2.76. The lowest BCUT2D eigenvalue weighted by molar-refractivity contribution is 0.0443. The molecule has 0 saturated heterocycles. The molecular weight excluding hydrogens is 380 g/mol. The number of hydrogen-bond acceptors (Lipinski definition) is 5. The number of aryl methyl sites for hydroxylation is 1. The summed E-state index contributed by atoms with van der Waals surface area (Å²) in [5.41, 5.74) is -0.0704. The maximum absolute atomic E-state index is 12.6. The van der Waals surface area contributed by atoms with Crippen LogP contribution >= 0.6 is 11.6 Å². The molecule has 0 atom stereocenters. The first-order valence-corrected chi connectivity index (χ1v) is 9.53. The molecule has 0 N–H and O–H groups in total. The second kappa shape index (κ2) is 9.37. The molecule has 0 radical (unpaired) electrons. The summed E-state index contributed by atoms with van der Waals surface area (Å²) >= 11 is 5.91. The molecule has 146 valence electrons. The molecule has 1 aromatic heterocycles. The van der Waals surface area contributed by atoms with Crippen molar-refractivity contribution in [2.24, 2.45) is 0 Å². The molecule has 3 rings (SSSR count). The van der Waals surface area contributed by atoms with E-state index in [0.717, 1.165) is 12.8 Å². The van der Waals surface area contributed by atoms with Gasteiger partial charge < -0.3 is 9.47 Å². The van der Waals surface area contributed by atoms with E-state index >= 15 is 0 Å². The Labute approximate surface area is 167 Å². The number of aromatic nitrogens is 2. The van der Waals surface area contributed by atoms with Gasteiger partial charge in [-0.15, -0.1) is 0 Å². The first-order valence-electron chi connectivity index (χ1n) is 9.15. The standard InChI is InChI=1S/C21H21ClN2O4/c1-2-3-11-24-20(25)18-10-5-4-9-17(18)19(23-24)21(26)28-13-12-27-16-8-6-7-15(22)14-16/h4-10,14H,2-3,11-13H2,1H3. The van der Waals surface area contributed by atoms with Crippen LogP contribution in [0.25, 0.3) is 10.8 Å². The molecule has 0 saturated carbocycles. The highest BCUT2D eigenvalue weighted by molar-refractivity contribution is 6.30. The van der Waals surface area contributed by atoms with Gasteiger partial charge in [-0.05, 0) is 30.7 Å². The van der Waals surface area contributed by atoms with Gasteiger partial charge in [-0.2, -0.15) is 5.10 Å². The lowest BCUT2D eigenvalue weighted by atomic mass is 10.1. The Morgan fingerprint density at radius 1 is 1.11 bits per heavy atom. The number of unbranched alkanes of at least 4 members (excludes halogenated alkanes) is 1. The Morgan fingerprint density at radius 2 is 1.89 bits per heavy atom. The summed E-state index contributed by atoms with van der Waals surface area (Å²) in [7, 11) is 0. The first kappa shape index (κ1) is 19.9. The van der Waals surface area contributed by atoms with E-state index in [2.05, 4.69) is 5.10 Å². The van der Waals surface area contributed by atoms with E-state index in [4.69, 9.17) is 21.1 Å². The van der Waals surface area contributed by atoms with E-state index in [9.17, 15) is 9.59 Å². The van der Waals surface area contributed by atoms with Crippen molar-refractivity contribution in [3.05, 3.63) is 69.6 Å². The lowest BCUT2D eigenvalue weighted by Gasteiger charge is -2.11. The number of esters is 1. The molecule has 0 aliphatic carbocycles. The van der Waals surface area contributed by atoms with Gasteiger partial charge in [-0.3, -0.25) is 4.79 Å². The highest BCUT2D eigenvalue weighted by Gasteiger charge is 2.17. The molecule has 0 aliphatic heterocycles. The van der Waals surface area contributed by atoms with Crippen LogP contribution in [0, 0.1) is 0 Å². The van der Waals surface area contributed by atoms with E-state index in [1.807, 2.05) is 6.92 Å². The van der Waals surface area contributed by atoms with Crippen LogP contribution in [0.5, 0.6) is 5.75 Å². The molecule has 28 heavy (non-hydrogen) atoms. The second-order valence-corrected chi connectivity index (χ2v) is 6.65. The number of carbonyl (C=O) groups is 1. The van der Waals surface area contributed by atoms with Crippen LogP contribution in [0.3, 0.4) is 0 Å². The first-order chi connectivity index (χ1) is 13.6. The van der Waals surface area contributed by atoms with Crippen molar-refractivity contribution < 1.29 is 14.3 Å². The fraction of sp³-hybridized carbons (Fsp3) is 0.286. The third-order valence-electron chi connectivity index (χ3n) is 4.17. The van der Waals surface area contributed by atoms with Crippen LogP contribution in [0.1, 0.15) is 30.3 Å². The zero-order valence-electron chi connectivity index (χ0n) is 15.6. The van der Waals surface area contributed by atoms with E-state index in [-0.39, 0.29) is 24.5 Å². The maximum Gasteiger partial charge on any atom is 0.359 e. The topological polar surface area (TPSA) is 70.4 Å². The lowest BCUT2D eigenvalue weighted by Crippen LogP contribution is -2.27. The van der Waals surface area contributed by atoms with Crippen LogP contribution in [0.2, 0.25) is 5.02 Å². The summed E-state index contributed by atoms with van der Waals surface area (Å²) in [4.78, 5) is 25.2. The second-order valence-electron chi connectivity index (χ2n) is 6.22. The highest BCUT2D eigenvalue weighted by Crippen LogP contribution is 2.17. The smallest absolute Gasteiger partial charge is 0.359 e. The Kier molecular flexibility index (Phi) is 6.66. The number of hydrogen-bond donors (Lipinski definition) is 0. The number of carbonyl (C=O) groups excluding carboxylic acids is 1. The van der Waals surface area contributed by atoms with Crippen molar-refractivity contribution >= 4 is 28.3 Å². The van der Waals surface area contributed by atoms with Crippen LogP contribution in [-0.2, 0) is 11.3 Å². The van der Waals surface area contributed by atoms with Gasteiger partial charge in [0.2, 0.25) is 0 Å². The number of ether oxygens (including phenoxy) is 2. The molecule has 0 fully saturated rings. The molecule has 0 spiro atoms. The van der Waals surface area contributed by atoms with E-state index < -0.39 is 5.97 Å². The van der Waals surface area contributed by atoms with Gasteiger partial charge in [0.1, 0.15) is 19.0 Å². The predicted octanol–water partition coefficient (Wildman–Crippen LogP) is 4.09. The molecular formula is C21H21ClN2O4. The zero-order chi connectivity index (χ0) is 19.9. The van der Waals surface area contributed by atoms with E-state index in [0.29, 0.717) is 28.1 Å². The summed E-state index contributed by atoms with van der Waals surface area (Å²) in [6.45, 7) is 2.72. The molecule has 0 aliphatic rings. The summed E-state index contributed by atoms with van der Waals surface area (Å²) in [5, 5.41) is 5.77. The van der Waals surface area contributed by atoms with Crippen LogP contribution in [-0.4, -0.2) is 29.0 Å². The van der Waals surface area contributed by atoms with Crippen LogP contribution < -0.4 is 10.3 Å². The summed E-state index contributed by atoms with van der Waals surface area (Å²) in [6, 6.07) is 13.9. The number of benzene rings is 2.